The van der Waals surface area contributed by atoms with E-state index in [-0.39, 0.29) is 5.56 Å². The number of aromatic amines is 1. The molecule has 7 heteroatoms. The van der Waals surface area contributed by atoms with Gasteiger partial charge in [0.15, 0.2) is 5.82 Å². The van der Waals surface area contributed by atoms with Crippen LogP contribution in [0, 0.1) is 0 Å². The van der Waals surface area contributed by atoms with E-state index in [0.717, 1.165) is 38.9 Å². The molecule has 0 saturated carbocycles. The van der Waals surface area contributed by atoms with Gasteiger partial charge in [0.1, 0.15) is 5.01 Å². The number of hydrogen-bond acceptors (Lipinski definition) is 6. The number of aryl methyl sites for hydroxylation is 2. The SMILES string of the molecule is O=c1[nH]ccnc1N1CCC[C@H](NCc2nc3c(s2)CCC3)C1. The summed E-state index contributed by atoms with van der Waals surface area (Å²) in [6.45, 7) is 2.55. The first-order valence-corrected chi connectivity index (χ1v) is 9.11. The van der Waals surface area contributed by atoms with Crippen molar-refractivity contribution in [3.05, 3.63) is 38.3 Å². The van der Waals surface area contributed by atoms with Crippen molar-refractivity contribution in [3.63, 3.8) is 0 Å². The van der Waals surface area contributed by atoms with E-state index < -0.39 is 0 Å². The number of nitrogens with one attached hydrogen (secondary N) is 2. The van der Waals surface area contributed by atoms with E-state index in [0.29, 0.717) is 11.9 Å². The summed E-state index contributed by atoms with van der Waals surface area (Å²) in [5.41, 5.74) is 1.21. The Morgan fingerprint density at radius 3 is 3.22 bits per heavy atom. The maximum atomic E-state index is 11.9. The standard InChI is InChI=1S/C16H21N5OS/c22-16-15(17-6-7-18-16)21-8-2-3-11(10-21)19-9-14-20-12-4-1-5-13(12)23-14/h6-7,11,19H,1-5,8-10H2,(H,18,22)/t11-/m0/s1. The lowest BCUT2D eigenvalue weighted by Crippen LogP contribution is -2.47. The number of fused-ring (bicyclic) bond motifs is 1. The van der Waals surface area contributed by atoms with Gasteiger partial charge in [-0.05, 0) is 32.1 Å². The average molecular weight is 331 g/mol. The van der Waals surface area contributed by atoms with Gasteiger partial charge >= 0.3 is 0 Å². The second kappa shape index (κ2) is 6.41. The first kappa shape index (κ1) is 14.8. The fraction of sp³-hybridized carbons (Fsp3) is 0.562. The van der Waals surface area contributed by atoms with Gasteiger partial charge in [0, 0.05) is 42.9 Å². The number of aromatic nitrogens is 3. The van der Waals surface area contributed by atoms with Gasteiger partial charge < -0.3 is 15.2 Å². The summed E-state index contributed by atoms with van der Waals surface area (Å²) in [5, 5.41) is 4.81. The molecule has 0 aromatic carbocycles. The number of hydrogen-bond donors (Lipinski definition) is 2. The molecule has 1 saturated heterocycles. The van der Waals surface area contributed by atoms with Gasteiger partial charge in [-0.25, -0.2) is 9.97 Å². The van der Waals surface area contributed by atoms with Gasteiger partial charge in [-0.2, -0.15) is 0 Å². The Balaban J connectivity index is 1.37. The fourth-order valence-electron chi connectivity index (χ4n) is 3.46. The molecule has 4 rings (SSSR count). The summed E-state index contributed by atoms with van der Waals surface area (Å²) >= 11 is 1.86. The minimum atomic E-state index is -0.107. The highest BCUT2D eigenvalue weighted by atomic mass is 32.1. The molecule has 2 N–H and O–H groups in total. The van der Waals surface area contributed by atoms with Crippen LogP contribution in [0.25, 0.3) is 0 Å². The van der Waals surface area contributed by atoms with Gasteiger partial charge in [0.2, 0.25) is 0 Å². The number of nitrogens with zero attached hydrogens (tertiary/aromatic N) is 3. The number of thiazole rings is 1. The predicted molar refractivity (Wildman–Crippen MR) is 91.1 cm³/mol. The van der Waals surface area contributed by atoms with Crippen molar-refractivity contribution in [2.75, 3.05) is 18.0 Å². The topological polar surface area (TPSA) is 73.9 Å². The molecule has 1 aliphatic carbocycles. The van der Waals surface area contributed by atoms with Gasteiger partial charge in [-0.15, -0.1) is 11.3 Å². The molecule has 1 fully saturated rings. The Bertz CT molecular complexity index is 719. The molecular formula is C16H21N5OS. The molecule has 0 bridgehead atoms. The van der Waals surface area contributed by atoms with Crippen LogP contribution in [0.4, 0.5) is 5.82 Å². The van der Waals surface area contributed by atoms with Crippen LogP contribution < -0.4 is 15.8 Å². The quantitative estimate of drug-likeness (QED) is 0.887. The van der Waals surface area contributed by atoms with Crippen molar-refractivity contribution in [3.8, 4) is 0 Å². The zero-order chi connectivity index (χ0) is 15.6. The third kappa shape index (κ3) is 3.16. The van der Waals surface area contributed by atoms with E-state index in [1.54, 1.807) is 12.4 Å². The summed E-state index contributed by atoms with van der Waals surface area (Å²) < 4.78 is 0. The lowest BCUT2D eigenvalue weighted by atomic mass is 10.1. The van der Waals surface area contributed by atoms with Crippen molar-refractivity contribution in [2.45, 2.75) is 44.7 Å². The highest BCUT2D eigenvalue weighted by Crippen LogP contribution is 2.27. The third-order valence-electron chi connectivity index (χ3n) is 4.59. The lowest BCUT2D eigenvalue weighted by Gasteiger charge is -2.33. The number of rotatable bonds is 4. The molecule has 0 radical (unpaired) electrons. The lowest BCUT2D eigenvalue weighted by molar-refractivity contribution is 0.419. The second-order valence-corrected chi connectivity index (χ2v) is 7.41. The van der Waals surface area contributed by atoms with E-state index in [1.165, 1.54) is 28.4 Å². The Morgan fingerprint density at radius 2 is 2.35 bits per heavy atom. The first-order chi connectivity index (χ1) is 11.3. The highest BCUT2D eigenvalue weighted by Gasteiger charge is 2.23. The van der Waals surface area contributed by atoms with E-state index >= 15 is 0 Å². The molecule has 1 atom stereocenters. The van der Waals surface area contributed by atoms with Crippen LogP contribution in [-0.2, 0) is 19.4 Å². The predicted octanol–water partition coefficient (Wildman–Crippen LogP) is 1.47. The zero-order valence-electron chi connectivity index (χ0n) is 13.0. The van der Waals surface area contributed by atoms with Crippen LogP contribution in [0.15, 0.2) is 17.2 Å². The smallest absolute Gasteiger partial charge is 0.290 e. The van der Waals surface area contributed by atoms with Gasteiger partial charge in [0.25, 0.3) is 5.56 Å². The highest BCUT2D eigenvalue weighted by molar-refractivity contribution is 7.11. The molecule has 2 aromatic rings. The fourth-order valence-corrected chi connectivity index (χ4v) is 4.56. The van der Waals surface area contributed by atoms with E-state index in [9.17, 15) is 4.79 Å². The van der Waals surface area contributed by atoms with Crippen LogP contribution in [0.3, 0.4) is 0 Å². The Kier molecular flexibility index (Phi) is 4.13. The van der Waals surface area contributed by atoms with Gasteiger partial charge in [0.05, 0.1) is 5.69 Å². The number of H-pyrrole nitrogens is 1. The Morgan fingerprint density at radius 1 is 1.39 bits per heavy atom. The minimum absolute atomic E-state index is 0.107. The van der Waals surface area contributed by atoms with Gasteiger partial charge in [-0.1, -0.05) is 0 Å². The normalized spacial score (nSPS) is 20.7. The molecule has 122 valence electrons. The summed E-state index contributed by atoms with van der Waals surface area (Å²) in [6.07, 6.45) is 9.03. The Labute approximate surface area is 139 Å². The first-order valence-electron chi connectivity index (χ1n) is 8.29. The third-order valence-corrected chi connectivity index (χ3v) is 5.75. The molecule has 0 spiro atoms. The molecule has 0 amide bonds. The van der Waals surface area contributed by atoms with Crippen LogP contribution in [-0.4, -0.2) is 34.1 Å². The van der Waals surface area contributed by atoms with Crippen LogP contribution in [0.5, 0.6) is 0 Å². The molecule has 1 aliphatic heterocycles. The molecule has 0 unspecified atom stereocenters. The van der Waals surface area contributed by atoms with Crippen LogP contribution in [0.1, 0.15) is 34.8 Å². The zero-order valence-corrected chi connectivity index (χ0v) is 13.9. The molecule has 2 aliphatic rings. The van der Waals surface area contributed by atoms with Crippen molar-refractivity contribution in [2.24, 2.45) is 0 Å². The maximum absolute atomic E-state index is 11.9. The van der Waals surface area contributed by atoms with Crippen molar-refractivity contribution in [1.82, 2.24) is 20.3 Å². The van der Waals surface area contributed by atoms with Gasteiger partial charge in [-0.3, -0.25) is 4.79 Å². The average Bonchev–Trinajstić information content (AvgIpc) is 3.15. The number of piperidine rings is 1. The van der Waals surface area contributed by atoms with E-state index in [2.05, 4.69) is 20.2 Å². The summed E-state index contributed by atoms with van der Waals surface area (Å²) in [7, 11) is 0. The largest absolute Gasteiger partial charge is 0.350 e. The summed E-state index contributed by atoms with van der Waals surface area (Å²) in [5.74, 6) is 0.534. The second-order valence-electron chi connectivity index (χ2n) is 6.24. The molecule has 3 heterocycles. The summed E-state index contributed by atoms with van der Waals surface area (Å²) in [6, 6.07) is 0.379. The summed E-state index contributed by atoms with van der Waals surface area (Å²) in [4.78, 5) is 27.1. The van der Waals surface area contributed by atoms with Crippen molar-refractivity contribution >= 4 is 17.2 Å². The van der Waals surface area contributed by atoms with Crippen LogP contribution >= 0.6 is 11.3 Å². The molecule has 23 heavy (non-hydrogen) atoms. The molecular weight excluding hydrogens is 310 g/mol. The Hall–Kier alpha value is -1.73. The molecule has 6 nitrogen and oxygen atoms in total. The monoisotopic (exact) mass is 331 g/mol. The number of anilines is 1. The van der Waals surface area contributed by atoms with Crippen molar-refractivity contribution < 1.29 is 0 Å². The molecule has 2 aromatic heterocycles. The van der Waals surface area contributed by atoms with Crippen molar-refractivity contribution in [1.29, 1.82) is 0 Å². The minimum Gasteiger partial charge on any atom is -0.350 e. The van der Waals surface area contributed by atoms with Crippen LogP contribution in [0.2, 0.25) is 0 Å². The maximum Gasteiger partial charge on any atom is 0.290 e. The van der Waals surface area contributed by atoms with E-state index in [4.69, 9.17) is 4.98 Å². The van der Waals surface area contributed by atoms with E-state index in [1.807, 2.05) is 11.3 Å².